The number of amides is 1. The Morgan fingerprint density at radius 1 is 1.33 bits per heavy atom. The SMILES string of the molecule is COc1cccc(C2CC=NN2C(=O)c2cccnc2)c1. The largest absolute Gasteiger partial charge is 0.497 e. The van der Waals surface area contributed by atoms with Gasteiger partial charge in [0.05, 0.1) is 18.7 Å². The highest BCUT2D eigenvalue weighted by Gasteiger charge is 2.29. The number of hydrogen-bond donors (Lipinski definition) is 0. The molecule has 1 aromatic carbocycles. The zero-order valence-corrected chi connectivity index (χ0v) is 11.6. The normalized spacial score (nSPS) is 17.0. The van der Waals surface area contributed by atoms with E-state index >= 15 is 0 Å². The van der Waals surface area contributed by atoms with Gasteiger partial charge in [-0.15, -0.1) is 0 Å². The Kier molecular flexibility index (Phi) is 3.64. The highest BCUT2D eigenvalue weighted by atomic mass is 16.5. The lowest BCUT2D eigenvalue weighted by molar-refractivity contribution is 0.0710. The van der Waals surface area contributed by atoms with Crippen LogP contribution in [0.4, 0.5) is 0 Å². The van der Waals surface area contributed by atoms with E-state index < -0.39 is 0 Å². The Balaban J connectivity index is 1.88. The summed E-state index contributed by atoms with van der Waals surface area (Å²) in [7, 11) is 1.63. The summed E-state index contributed by atoms with van der Waals surface area (Å²) >= 11 is 0. The predicted octanol–water partition coefficient (Wildman–Crippen LogP) is 2.66. The van der Waals surface area contributed by atoms with Gasteiger partial charge in [-0.2, -0.15) is 5.10 Å². The molecule has 3 rings (SSSR count). The molecule has 0 aliphatic carbocycles. The Hall–Kier alpha value is -2.69. The number of methoxy groups -OCH3 is 1. The predicted molar refractivity (Wildman–Crippen MR) is 79.3 cm³/mol. The molecular formula is C16H15N3O2. The molecule has 1 atom stereocenters. The van der Waals surface area contributed by atoms with Crippen LogP contribution in [0.1, 0.15) is 28.4 Å². The fraction of sp³-hybridized carbons (Fsp3) is 0.188. The number of hydrogen-bond acceptors (Lipinski definition) is 4. The summed E-state index contributed by atoms with van der Waals surface area (Å²) in [5.41, 5.74) is 1.54. The molecule has 5 heteroatoms. The maximum Gasteiger partial charge on any atom is 0.276 e. The van der Waals surface area contributed by atoms with Crippen LogP contribution in [0.2, 0.25) is 0 Å². The summed E-state index contributed by atoms with van der Waals surface area (Å²) in [5.74, 6) is 0.623. The van der Waals surface area contributed by atoms with Crippen molar-refractivity contribution >= 4 is 12.1 Å². The number of nitrogens with zero attached hydrogens (tertiary/aromatic N) is 3. The zero-order valence-electron chi connectivity index (χ0n) is 11.6. The standard InChI is InChI=1S/C16H15N3O2/c1-21-14-6-2-4-12(10-14)15-7-9-18-19(15)16(20)13-5-3-8-17-11-13/h2-6,8-11,15H,7H2,1H3. The first-order chi connectivity index (χ1) is 10.3. The lowest BCUT2D eigenvalue weighted by Gasteiger charge is -2.22. The summed E-state index contributed by atoms with van der Waals surface area (Å²) in [4.78, 5) is 16.5. The molecule has 5 nitrogen and oxygen atoms in total. The van der Waals surface area contributed by atoms with Gasteiger partial charge in [0.2, 0.25) is 0 Å². The fourth-order valence-electron chi connectivity index (χ4n) is 2.36. The van der Waals surface area contributed by atoms with Crippen molar-refractivity contribution in [3.8, 4) is 5.75 Å². The number of benzene rings is 1. The maximum absolute atomic E-state index is 12.5. The quantitative estimate of drug-likeness (QED) is 0.869. The molecule has 2 heterocycles. The molecule has 1 aliphatic rings. The molecule has 21 heavy (non-hydrogen) atoms. The molecule has 1 aromatic heterocycles. The minimum absolute atomic E-state index is 0.104. The number of rotatable bonds is 3. The molecule has 0 saturated heterocycles. The van der Waals surface area contributed by atoms with Crippen LogP contribution in [0.25, 0.3) is 0 Å². The van der Waals surface area contributed by atoms with Crippen LogP contribution in [0.5, 0.6) is 5.75 Å². The van der Waals surface area contributed by atoms with Crippen LogP contribution in [-0.4, -0.2) is 29.2 Å². The van der Waals surface area contributed by atoms with Crippen molar-refractivity contribution in [3.05, 3.63) is 59.9 Å². The number of carbonyl (C=O) groups is 1. The Labute approximate surface area is 122 Å². The molecule has 1 amide bonds. The van der Waals surface area contributed by atoms with Gasteiger partial charge in [-0.25, -0.2) is 5.01 Å². The van der Waals surface area contributed by atoms with Crippen LogP contribution in [0.3, 0.4) is 0 Å². The van der Waals surface area contributed by atoms with Gasteiger partial charge >= 0.3 is 0 Å². The minimum Gasteiger partial charge on any atom is -0.497 e. The number of pyridine rings is 1. The van der Waals surface area contributed by atoms with E-state index in [4.69, 9.17) is 4.74 Å². The Bertz CT molecular complexity index is 670. The van der Waals surface area contributed by atoms with Crippen LogP contribution in [0, 0.1) is 0 Å². The second-order valence-electron chi connectivity index (χ2n) is 4.72. The summed E-state index contributed by atoms with van der Waals surface area (Å²) in [6.07, 6.45) is 5.65. The molecule has 2 aromatic rings. The molecule has 106 valence electrons. The average molecular weight is 281 g/mol. The van der Waals surface area contributed by atoms with Gasteiger partial charge in [-0.3, -0.25) is 9.78 Å². The molecule has 0 saturated carbocycles. The Morgan fingerprint density at radius 2 is 2.24 bits per heavy atom. The first-order valence-corrected chi connectivity index (χ1v) is 6.69. The van der Waals surface area contributed by atoms with E-state index in [2.05, 4.69) is 10.1 Å². The number of ether oxygens (including phenoxy) is 1. The molecular weight excluding hydrogens is 266 g/mol. The van der Waals surface area contributed by atoms with Crippen molar-refractivity contribution in [2.45, 2.75) is 12.5 Å². The van der Waals surface area contributed by atoms with Crippen LogP contribution < -0.4 is 4.74 Å². The fourth-order valence-corrected chi connectivity index (χ4v) is 2.36. The Morgan fingerprint density at radius 3 is 3.00 bits per heavy atom. The van der Waals surface area contributed by atoms with Gasteiger partial charge < -0.3 is 4.74 Å². The lowest BCUT2D eigenvalue weighted by Crippen LogP contribution is -2.27. The van der Waals surface area contributed by atoms with Gasteiger partial charge in [0.15, 0.2) is 0 Å². The summed E-state index contributed by atoms with van der Waals surface area (Å²) < 4.78 is 5.24. The molecule has 0 N–H and O–H groups in total. The summed E-state index contributed by atoms with van der Waals surface area (Å²) in [6, 6.07) is 11.1. The lowest BCUT2D eigenvalue weighted by atomic mass is 10.0. The van der Waals surface area contributed by atoms with Gasteiger partial charge in [0.25, 0.3) is 5.91 Å². The highest BCUT2D eigenvalue weighted by Crippen LogP contribution is 2.31. The second-order valence-corrected chi connectivity index (χ2v) is 4.72. The van der Waals surface area contributed by atoms with E-state index in [1.165, 1.54) is 5.01 Å². The summed E-state index contributed by atoms with van der Waals surface area (Å²) in [6.45, 7) is 0. The first kappa shape index (κ1) is 13.3. The van der Waals surface area contributed by atoms with Crippen molar-refractivity contribution in [3.63, 3.8) is 0 Å². The van der Waals surface area contributed by atoms with Crippen LogP contribution in [-0.2, 0) is 0 Å². The number of aromatic nitrogens is 1. The number of carbonyl (C=O) groups excluding carboxylic acids is 1. The van der Waals surface area contributed by atoms with E-state index in [0.717, 1.165) is 11.3 Å². The minimum atomic E-state index is -0.148. The molecule has 1 aliphatic heterocycles. The third-order valence-electron chi connectivity index (χ3n) is 3.43. The molecule has 0 spiro atoms. The van der Waals surface area contributed by atoms with Gasteiger partial charge in [-0.1, -0.05) is 12.1 Å². The van der Waals surface area contributed by atoms with Crippen molar-refractivity contribution in [1.29, 1.82) is 0 Å². The van der Waals surface area contributed by atoms with Crippen molar-refractivity contribution in [2.24, 2.45) is 5.10 Å². The third-order valence-corrected chi connectivity index (χ3v) is 3.43. The molecule has 0 bridgehead atoms. The van der Waals surface area contributed by atoms with Crippen molar-refractivity contribution in [1.82, 2.24) is 9.99 Å². The first-order valence-electron chi connectivity index (χ1n) is 6.69. The van der Waals surface area contributed by atoms with Crippen molar-refractivity contribution < 1.29 is 9.53 Å². The van der Waals surface area contributed by atoms with E-state index in [9.17, 15) is 4.79 Å². The van der Waals surface area contributed by atoms with Gasteiger partial charge in [0.1, 0.15) is 5.75 Å². The van der Waals surface area contributed by atoms with Crippen LogP contribution >= 0.6 is 0 Å². The number of hydrazone groups is 1. The molecule has 1 unspecified atom stereocenters. The average Bonchev–Trinajstić information content (AvgIpc) is 3.04. The molecule has 0 radical (unpaired) electrons. The monoisotopic (exact) mass is 281 g/mol. The van der Waals surface area contributed by atoms with E-state index in [0.29, 0.717) is 12.0 Å². The van der Waals surface area contributed by atoms with Crippen molar-refractivity contribution in [2.75, 3.05) is 7.11 Å². The smallest absolute Gasteiger partial charge is 0.276 e. The van der Waals surface area contributed by atoms with Gasteiger partial charge in [-0.05, 0) is 29.8 Å². The van der Waals surface area contributed by atoms with Crippen LogP contribution in [0.15, 0.2) is 53.9 Å². The van der Waals surface area contributed by atoms with Gasteiger partial charge in [0, 0.05) is 25.0 Å². The highest BCUT2D eigenvalue weighted by molar-refractivity contribution is 5.95. The van der Waals surface area contributed by atoms with E-state index in [-0.39, 0.29) is 11.9 Å². The van der Waals surface area contributed by atoms with E-state index in [1.54, 1.807) is 37.9 Å². The third kappa shape index (κ3) is 2.63. The zero-order chi connectivity index (χ0) is 14.7. The molecule has 0 fully saturated rings. The second kappa shape index (κ2) is 5.75. The van der Waals surface area contributed by atoms with E-state index in [1.807, 2.05) is 24.3 Å². The maximum atomic E-state index is 12.5. The summed E-state index contributed by atoms with van der Waals surface area (Å²) in [5, 5.41) is 5.72. The topological polar surface area (TPSA) is 54.8 Å².